The lowest BCUT2D eigenvalue weighted by Gasteiger charge is -2.46. The number of nitrogens with one attached hydrogen (secondary N) is 1. The summed E-state index contributed by atoms with van der Waals surface area (Å²) in [5.74, 6) is 0.933. The first-order valence-corrected chi connectivity index (χ1v) is 8.70. The second kappa shape index (κ2) is 7.44. The highest BCUT2D eigenvalue weighted by Gasteiger charge is 2.47. The fraction of sp³-hybridized carbons (Fsp3) is 0.706. The van der Waals surface area contributed by atoms with Crippen molar-refractivity contribution in [3.8, 4) is 0 Å². The van der Waals surface area contributed by atoms with Crippen molar-refractivity contribution < 1.29 is 14.4 Å². The van der Waals surface area contributed by atoms with Crippen molar-refractivity contribution >= 4 is 5.91 Å². The van der Waals surface area contributed by atoms with E-state index in [0.717, 1.165) is 38.2 Å². The number of amides is 1. The lowest BCUT2D eigenvalue weighted by atomic mass is 9.75. The van der Waals surface area contributed by atoms with E-state index >= 15 is 0 Å². The lowest BCUT2D eigenvalue weighted by Crippen LogP contribution is -3.20. The van der Waals surface area contributed by atoms with Crippen LogP contribution in [0.1, 0.15) is 18.5 Å². The van der Waals surface area contributed by atoms with E-state index in [0.29, 0.717) is 25.1 Å². The minimum Gasteiger partial charge on any atom is -0.378 e. The number of hydrogen-bond donors (Lipinski definition) is 1. The average Bonchev–Trinajstić information content (AvgIpc) is 3.02. The Morgan fingerprint density at radius 3 is 3.12 bits per heavy atom. The molecule has 7 heteroatoms. The molecule has 132 valence electrons. The fourth-order valence-corrected chi connectivity index (χ4v) is 4.24. The molecule has 0 aromatic carbocycles. The number of nitrogens with zero attached hydrogens (tertiary/aromatic N) is 4. The molecule has 4 atom stereocenters. The van der Waals surface area contributed by atoms with Crippen molar-refractivity contribution in [1.82, 2.24) is 19.9 Å². The highest BCUT2D eigenvalue weighted by atomic mass is 16.5. The van der Waals surface area contributed by atoms with E-state index in [-0.39, 0.29) is 11.8 Å². The molecule has 24 heavy (non-hydrogen) atoms. The largest absolute Gasteiger partial charge is 0.378 e. The minimum absolute atomic E-state index is 0.162. The summed E-state index contributed by atoms with van der Waals surface area (Å²) in [6.45, 7) is 7.81. The van der Waals surface area contributed by atoms with Gasteiger partial charge in [0.25, 0.3) is 0 Å². The molecule has 3 fully saturated rings. The standard InChI is InChI=1S/C17H27N5O2/c1-4-6-20(2)17(23)16-11-21-7-5-13(16)8-15(21)10-22-9-14(12-24-3)18-19-22/h4,9,13,15-16H,1,5-8,10-12H2,2-3H3/p+1/t13-,15+,16-/m0/s1. The molecule has 1 unspecified atom stereocenters. The van der Waals surface area contributed by atoms with Gasteiger partial charge >= 0.3 is 0 Å². The number of likely N-dealkylation sites (N-methyl/N-ethyl adjacent to an activating group) is 1. The van der Waals surface area contributed by atoms with Crippen molar-refractivity contribution in [1.29, 1.82) is 0 Å². The first kappa shape index (κ1) is 17.1. The highest BCUT2D eigenvalue weighted by molar-refractivity contribution is 5.79. The number of rotatable bonds is 7. The van der Waals surface area contributed by atoms with Crippen LogP contribution >= 0.6 is 0 Å². The van der Waals surface area contributed by atoms with Crippen LogP contribution in [0.3, 0.4) is 0 Å². The zero-order valence-electron chi connectivity index (χ0n) is 14.6. The predicted octanol–water partition coefficient (Wildman–Crippen LogP) is -0.638. The van der Waals surface area contributed by atoms with Crippen molar-refractivity contribution in [3.63, 3.8) is 0 Å². The van der Waals surface area contributed by atoms with Crippen molar-refractivity contribution in [3.05, 3.63) is 24.5 Å². The van der Waals surface area contributed by atoms with Gasteiger partial charge in [-0.05, 0) is 5.92 Å². The average molecular weight is 334 g/mol. The quantitative estimate of drug-likeness (QED) is 0.674. The molecule has 1 amide bonds. The number of quaternary nitrogens is 1. The number of piperidine rings is 3. The zero-order chi connectivity index (χ0) is 17.1. The third-order valence-corrected chi connectivity index (χ3v) is 5.43. The number of aromatic nitrogens is 3. The molecule has 3 aliphatic heterocycles. The molecular weight excluding hydrogens is 306 g/mol. The molecule has 1 N–H and O–H groups in total. The van der Waals surface area contributed by atoms with Crippen LogP contribution in [-0.4, -0.2) is 65.6 Å². The van der Waals surface area contributed by atoms with Gasteiger partial charge in [0.1, 0.15) is 11.7 Å². The number of fused-ring (bicyclic) bond motifs is 3. The van der Waals surface area contributed by atoms with Gasteiger partial charge in [0.2, 0.25) is 5.91 Å². The van der Waals surface area contributed by atoms with Crippen molar-refractivity contribution in [2.75, 3.05) is 33.8 Å². The van der Waals surface area contributed by atoms with Crippen molar-refractivity contribution in [2.45, 2.75) is 32.0 Å². The highest BCUT2D eigenvalue weighted by Crippen LogP contribution is 2.28. The lowest BCUT2D eigenvalue weighted by molar-refractivity contribution is -0.945. The Morgan fingerprint density at radius 1 is 1.62 bits per heavy atom. The molecular formula is C17H28N5O2+. The normalized spacial score (nSPS) is 28.8. The molecule has 4 rings (SSSR count). The van der Waals surface area contributed by atoms with E-state index in [4.69, 9.17) is 4.74 Å². The van der Waals surface area contributed by atoms with E-state index < -0.39 is 0 Å². The van der Waals surface area contributed by atoms with Crippen molar-refractivity contribution in [2.24, 2.45) is 11.8 Å². The van der Waals surface area contributed by atoms with Gasteiger partial charge in [-0.2, -0.15) is 0 Å². The van der Waals surface area contributed by atoms with Crippen LogP contribution in [0.25, 0.3) is 0 Å². The van der Waals surface area contributed by atoms with E-state index in [9.17, 15) is 4.79 Å². The molecule has 0 spiro atoms. The van der Waals surface area contributed by atoms with Gasteiger partial charge in [-0.1, -0.05) is 11.3 Å². The summed E-state index contributed by atoms with van der Waals surface area (Å²) in [6.07, 6.45) is 5.99. The summed E-state index contributed by atoms with van der Waals surface area (Å²) in [7, 11) is 3.54. The van der Waals surface area contributed by atoms with E-state index in [1.807, 2.05) is 22.8 Å². The molecule has 1 aromatic heterocycles. The van der Waals surface area contributed by atoms with Gasteiger partial charge in [-0.25, -0.2) is 4.68 Å². The number of carbonyl (C=O) groups excluding carboxylic acids is 1. The molecule has 3 aliphatic rings. The Balaban J connectivity index is 1.60. The molecule has 0 saturated carbocycles. The maximum absolute atomic E-state index is 12.6. The third-order valence-electron chi connectivity index (χ3n) is 5.43. The maximum Gasteiger partial charge on any atom is 0.231 e. The van der Waals surface area contributed by atoms with E-state index in [1.165, 1.54) is 4.90 Å². The zero-order valence-corrected chi connectivity index (χ0v) is 14.6. The van der Waals surface area contributed by atoms with Crippen LogP contribution in [0.2, 0.25) is 0 Å². The topological polar surface area (TPSA) is 64.7 Å². The Labute approximate surface area is 143 Å². The first-order chi connectivity index (χ1) is 11.6. The summed E-state index contributed by atoms with van der Waals surface area (Å²) in [4.78, 5) is 16.0. The Kier molecular flexibility index (Phi) is 5.30. The first-order valence-electron chi connectivity index (χ1n) is 8.70. The predicted molar refractivity (Wildman–Crippen MR) is 89.3 cm³/mol. The number of hydrogen-bond acceptors (Lipinski definition) is 4. The van der Waals surface area contributed by atoms with Gasteiger partial charge < -0.3 is 14.5 Å². The molecule has 0 aliphatic carbocycles. The second-order valence-corrected chi connectivity index (χ2v) is 7.07. The third kappa shape index (κ3) is 3.52. The Morgan fingerprint density at radius 2 is 2.46 bits per heavy atom. The minimum atomic E-state index is 0.162. The number of methoxy groups -OCH3 is 1. The van der Waals surface area contributed by atoms with Crippen LogP contribution < -0.4 is 4.90 Å². The van der Waals surface area contributed by atoms with Crippen LogP contribution in [0.15, 0.2) is 18.9 Å². The van der Waals surface area contributed by atoms with Crippen LogP contribution in [-0.2, 0) is 22.7 Å². The van der Waals surface area contributed by atoms with E-state index in [1.54, 1.807) is 13.2 Å². The summed E-state index contributed by atoms with van der Waals surface area (Å²) in [5.41, 5.74) is 0.863. The molecule has 0 radical (unpaired) electrons. The maximum atomic E-state index is 12.6. The van der Waals surface area contributed by atoms with Gasteiger partial charge in [0.15, 0.2) is 0 Å². The smallest absolute Gasteiger partial charge is 0.231 e. The number of carbonyl (C=O) groups is 1. The van der Waals surface area contributed by atoms with Crippen LogP contribution in [0, 0.1) is 11.8 Å². The van der Waals surface area contributed by atoms with Crippen LogP contribution in [0.4, 0.5) is 0 Å². The molecule has 4 heterocycles. The Hall–Kier alpha value is -1.73. The van der Waals surface area contributed by atoms with Gasteiger partial charge in [-0.15, -0.1) is 11.7 Å². The van der Waals surface area contributed by atoms with Gasteiger partial charge in [-0.3, -0.25) is 4.79 Å². The summed E-state index contributed by atoms with van der Waals surface area (Å²) >= 11 is 0. The summed E-state index contributed by atoms with van der Waals surface area (Å²) in [6, 6.07) is 0.523. The van der Waals surface area contributed by atoms with Gasteiger partial charge in [0.05, 0.1) is 38.4 Å². The van der Waals surface area contributed by atoms with E-state index in [2.05, 4.69) is 16.9 Å². The number of ether oxygens (including phenoxy) is 1. The fourth-order valence-electron chi connectivity index (χ4n) is 4.24. The second-order valence-electron chi connectivity index (χ2n) is 7.07. The molecule has 7 nitrogen and oxygen atoms in total. The Bertz CT molecular complexity index is 587. The van der Waals surface area contributed by atoms with Crippen LogP contribution in [0.5, 0.6) is 0 Å². The van der Waals surface area contributed by atoms with Gasteiger partial charge in [0, 0.05) is 33.5 Å². The molecule has 2 bridgehead atoms. The SMILES string of the molecule is C=CCN(C)C(=O)[C@H]1C[NH+]2CC[C@H]1C[C@@H]2Cn1cc(COC)nn1. The molecule has 1 aromatic rings. The summed E-state index contributed by atoms with van der Waals surface area (Å²) < 4.78 is 7.02. The molecule has 3 saturated heterocycles. The monoisotopic (exact) mass is 334 g/mol. The summed E-state index contributed by atoms with van der Waals surface area (Å²) in [5, 5.41) is 8.34.